The fourth-order valence-corrected chi connectivity index (χ4v) is 11.8. The molecule has 19 heteroatoms. The molecule has 4 aliphatic rings. The molecule has 2 aromatic carbocycles. The number of carbonyl (C=O) groups is 2. The van der Waals surface area contributed by atoms with E-state index in [9.17, 15) is 35.9 Å². The summed E-state index contributed by atoms with van der Waals surface area (Å²) in [6.07, 6.45) is 5.39. The normalized spacial score (nSPS) is 20.7. The number of pyridine rings is 2. The topological polar surface area (TPSA) is 120 Å². The molecule has 404 valence electrons. The van der Waals surface area contributed by atoms with Gasteiger partial charge in [-0.3, -0.25) is 14.9 Å². The van der Waals surface area contributed by atoms with Gasteiger partial charge in [0.2, 0.25) is 0 Å². The molecule has 12 nitrogen and oxygen atoms in total. The first-order chi connectivity index (χ1) is 35.6. The Labute approximate surface area is 443 Å². The number of aromatic nitrogens is 4. The Morgan fingerprint density at radius 2 is 1.07 bits per heavy atom. The predicted molar refractivity (Wildman–Crippen MR) is 279 cm³/mol. The quantitative estimate of drug-likeness (QED) is 0.115. The fourth-order valence-electron chi connectivity index (χ4n) is 11.4. The van der Waals surface area contributed by atoms with E-state index < -0.39 is 60.0 Å². The van der Waals surface area contributed by atoms with E-state index in [-0.39, 0.29) is 13.1 Å². The summed E-state index contributed by atoms with van der Waals surface area (Å²) in [7, 11) is 0. The van der Waals surface area contributed by atoms with E-state index in [1.54, 1.807) is 48.2 Å². The summed E-state index contributed by atoms with van der Waals surface area (Å²) in [6, 6.07) is 11.6. The highest BCUT2D eigenvalue weighted by atomic mass is 79.9. The molecule has 4 fully saturated rings. The van der Waals surface area contributed by atoms with E-state index in [1.165, 1.54) is 38.5 Å². The lowest BCUT2D eigenvalue weighted by Gasteiger charge is -2.36. The van der Waals surface area contributed by atoms with Crippen LogP contribution in [0.3, 0.4) is 0 Å². The van der Waals surface area contributed by atoms with Gasteiger partial charge in [0, 0.05) is 70.0 Å². The van der Waals surface area contributed by atoms with Crippen LogP contribution in [0.4, 0.5) is 47.6 Å². The van der Waals surface area contributed by atoms with Crippen LogP contribution < -0.4 is 9.80 Å². The van der Waals surface area contributed by atoms with Gasteiger partial charge in [0.15, 0.2) is 0 Å². The maximum atomic E-state index is 13.5. The average Bonchev–Trinajstić information content (AvgIpc) is 4.02. The maximum absolute atomic E-state index is 13.5. The van der Waals surface area contributed by atoms with Crippen LogP contribution in [0.1, 0.15) is 154 Å². The lowest BCUT2D eigenvalue weighted by Crippen LogP contribution is -2.39. The van der Waals surface area contributed by atoms with Crippen LogP contribution in [0, 0.1) is 20.8 Å². The van der Waals surface area contributed by atoms with Crippen LogP contribution in [0.15, 0.2) is 71.6 Å². The van der Waals surface area contributed by atoms with Gasteiger partial charge in [-0.05, 0) is 138 Å². The molecule has 9 rings (SSSR count). The van der Waals surface area contributed by atoms with Crippen molar-refractivity contribution in [2.24, 2.45) is 0 Å². The van der Waals surface area contributed by atoms with E-state index in [1.807, 2.05) is 39.1 Å². The number of hydrogen-bond acceptors (Lipinski definition) is 9. The predicted octanol–water partition coefficient (Wildman–Crippen LogP) is 14.8. The summed E-state index contributed by atoms with van der Waals surface area (Å²) in [5, 5.41) is 7.11. The van der Waals surface area contributed by atoms with Crippen molar-refractivity contribution in [1.82, 2.24) is 30.0 Å². The van der Waals surface area contributed by atoms with Crippen molar-refractivity contribution in [2.75, 3.05) is 22.9 Å². The summed E-state index contributed by atoms with van der Waals surface area (Å²) in [4.78, 5) is 43.6. The zero-order chi connectivity index (χ0) is 53.9. The zero-order valence-electron chi connectivity index (χ0n) is 43.6. The number of aryl methyl sites for hydroxylation is 3. The minimum absolute atomic E-state index is 0.227. The third-order valence-corrected chi connectivity index (χ3v) is 15.7. The van der Waals surface area contributed by atoms with Crippen LogP contribution in [0.2, 0.25) is 0 Å². The van der Waals surface area contributed by atoms with E-state index in [4.69, 9.17) is 19.4 Å². The number of benzene rings is 2. The van der Waals surface area contributed by atoms with Gasteiger partial charge in [-0.25, -0.2) is 19.6 Å². The van der Waals surface area contributed by atoms with E-state index in [0.29, 0.717) is 34.3 Å². The molecular formula is C56H67BrF6N8O4. The summed E-state index contributed by atoms with van der Waals surface area (Å²) >= 11 is 3.50. The third kappa shape index (κ3) is 12.5. The molecule has 0 spiro atoms. The number of cyclic esters (lactones) is 2. The summed E-state index contributed by atoms with van der Waals surface area (Å²) in [5.74, 6) is 1.68. The molecule has 5 heterocycles. The molecule has 4 atom stereocenters. The van der Waals surface area contributed by atoms with Gasteiger partial charge < -0.3 is 19.3 Å². The van der Waals surface area contributed by atoms with Crippen LogP contribution in [0.25, 0.3) is 11.1 Å². The molecule has 0 radical (unpaired) electrons. The first kappa shape index (κ1) is 55.4. The Morgan fingerprint density at radius 1 is 0.627 bits per heavy atom. The molecule has 2 saturated carbocycles. The number of carbonyl (C=O) groups excluding carboxylic acids is 2. The van der Waals surface area contributed by atoms with Gasteiger partial charge in [-0.15, -0.1) is 0 Å². The van der Waals surface area contributed by atoms with Gasteiger partial charge in [-0.1, -0.05) is 61.8 Å². The lowest BCUT2D eigenvalue weighted by molar-refractivity contribution is -0.138. The Morgan fingerprint density at radius 3 is 1.48 bits per heavy atom. The Bertz CT molecular complexity index is 2810. The molecule has 2 aliphatic heterocycles. The SMILES string of the molecule is CCN(c1ncc(-c2cn[nH]c2C)cc1CN1C(=O)O[C@H](c2cc(C)cc(C(F)(F)F)c2)[C@@H]1C)C1CCCCC1.CCN(c1ncc(Br)cc1CN1C(=O)O[C@H](c2cc(C)cc(C(F)(F)F)c2)[C@@H]1C)C1CCCCC1. The number of ether oxygens (including phenoxy) is 2. The molecular weight excluding hydrogens is 1040 g/mol. The Balaban J connectivity index is 0.000000201. The zero-order valence-corrected chi connectivity index (χ0v) is 45.2. The minimum atomic E-state index is -4.48. The second-order valence-electron chi connectivity index (χ2n) is 20.5. The lowest BCUT2D eigenvalue weighted by atomic mass is 9.93. The van der Waals surface area contributed by atoms with Crippen LogP contribution in [-0.2, 0) is 34.9 Å². The molecule has 2 aliphatic carbocycles. The summed E-state index contributed by atoms with van der Waals surface area (Å²) in [6.45, 7) is 15.1. The Hall–Kier alpha value is -5.85. The van der Waals surface area contributed by atoms with Gasteiger partial charge in [0.1, 0.15) is 23.8 Å². The van der Waals surface area contributed by atoms with Crippen molar-refractivity contribution in [2.45, 2.75) is 174 Å². The second kappa shape index (κ2) is 23.2. The van der Waals surface area contributed by atoms with Crippen molar-refractivity contribution < 1.29 is 45.4 Å². The smallest absolute Gasteiger partial charge is 0.416 e. The third-order valence-electron chi connectivity index (χ3n) is 15.2. The molecule has 5 aromatic rings. The van der Waals surface area contributed by atoms with Gasteiger partial charge in [-0.2, -0.15) is 31.4 Å². The van der Waals surface area contributed by atoms with Crippen molar-refractivity contribution >= 4 is 39.8 Å². The summed E-state index contributed by atoms with van der Waals surface area (Å²) in [5.41, 5.74) is 4.63. The number of aromatic amines is 1. The maximum Gasteiger partial charge on any atom is 0.416 e. The molecule has 2 saturated heterocycles. The minimum Gasteiger partial charge on any atom is -0.439 e. The number of nitrogens with zero attached hydrogens (tertiary/aromatic N) is 7. The fraction of sp³-hybridized carbons (Fsp3) is 0.518. The van der Waals surface area contributed by atoms with Crippen LogP contribution >= 0.6 is 15.9 Å². The Kier molecular flexibility index (Phi) is 17.1. The molecule has 0 unspecified atom stereocenters. The number of nitrogens with one attached hydrogen (secondary N) is 1. The number of rotatable bonds is 13. The van der Waals surface area contributed by atoms with Gasteiger partial charge >= 0.3 is 24.5 Å². The van der Waals surface area contributed by atoms with Crippen LogP contribution in [0.5, 0.6) is 0 Å². The van der Waals surface area contributed by atoms with Crippen molar-refractivity contribution in [3.63, 3.8) is 0 Å². The second-order valence-corrected chi connectivity index (χ2v) is 21.4. The van der Waals surface area contributed by atoms with Gasteiger partial charge in [0.25, 0.3) is 0 Å². The number of alkyl halides is 6. The molecule has 1 N–H and O–H groups in total. The first-order valence-corrected chi connectivity index (χ1v) is 26.9. The highest BCUT2D eigenvalue weighted by Gasteiger charge is 2.44. The van der Waals surface area contributed by atoms with Crippen LogP contribution in [-0.4, -0.2) is 79.4 Å². The molecule has 0 bridgehead atoms. The summed E-state index contributed by atoms with van der Waals surface area (Å²) < 4.78 is 92.9. The number of hydrogen-bond donors (Lipinski definition) is 1. The number of amides is 2. The number of H-pyrrole nitrogens is 1. The van der Waals surface area contributed by atoms with Gasteiger partial charge in [0.05, 0.1) is 42.5 Å². The largest absolute Gasteiger partial charge is 0.439 e. The van der Waals surface area contributed by atoms with E-state index in [2.05, 4.69) is 49.8 Å². The monoisotopic (exact) mass is 1110 g/mol. The average molecular weight is 1110 g/mol. The number of anilines is 2. The van der Waals surface area contributed by atoms with E-state index >= 15 is 0 Å². The van der Waals surface area contributed by atoms with Crippen molar-refractivity contribution in [3.05, 3.63) is 122 Å². The van der Waals surface area contributed by atoms with E-state index in [0.717, 1.165) is 107 Å². The standard InChI is InChI=1S/C30H36F3N5O2.C26H31BrF3N3O2/c1-5-37(25-9-7-6-8-10-25)28-23(13-22(15-34-28)26-16-35-36-19(26)3)17-38-20(4)27(40-29(38)39)21-11-18(2)12-24(14-21)30(31,32)33;1-4-32(22-8-6-5-7-9-22)24-19(13-21(27)14-31-24)15-33-17(3)23(35-25(33)34)18-10-16(2)11-20(12-18)26(28,29)30/h11-16,20,25,27H,5-10,17H2,1-4H3,(H,35,36);10-14,17,22-23H,4-9,15H2,1-3H3/t20-,27-;17-,23-/m00/s1. The van der Waals surface area contributed by atoms with Crippen molar-refractivity contribution in [1.29, 1.82) is 0 Å². The van der Waals surface area contributed by atoms with Crippen molar-refractivity contribution in [3.8, 4) is 11.1 Å². The highest BCUT2D eigenvalue weighted by Crippen LogP contribution is 2.42. The number of halogens is 7. The molecule has 3 aromatic heterocycles. The highest BCUT2D eigenvalue weighted by molar-refractivity contribution is 9.10. The molecule has 2 amide bonds. The first-order valence-electron chi connectivity index (χ1n) is 26.1. The molecule has 75 heavy (non-hydrogen) atoms.